The molecule has 26 nitrogen and oxygen atoms in total. The molecular weight excluding hydrogens is 1020 g/mol. The Kier molecular flexibility index (Phi) is 23.3. The zero-order valence-corrected chi connectivity index (χ0v) is 47.6. The molecule has 0 aromatic carbocycles. The van der Waals surface area contributed by atoms with E-state index in [1.807, 2.05) is 0 Å². The molecule has 10 N–H and O–H groups in total. The maximum atomic E-state index is 13.0. The average Bonchev–Trinajstić information content (AvgIpc) is 3.90. The molecule has 0 bridgehead atoms. The van der Waals surface area contributed by atoms with Crippen molar-refractivity contribution in [1.82, 2.24) is 39.0 Å². The number of fused-ring (bicyclic) bond motifs is 2. The predicted octanol–water partition coefficient (Wildman–Crippen LogP) is -11.5. The van der Waals surface area contributed by atoms with Crippen LogP contribution < -0.4 is 129 Å². The van der Waals surface area contributed by atoms with Gasteiger partial charge in [0.05, 0.1) is 25.9 Å². The molecule has 2 aliphatic heterocycles. The topological polar surface area (TPSA) is 373 Å². The molecule has 2 fully saturated rings. The van der Waals surface area contributed by atoms with Gasteiger partial charge in [-0.25, -0.2) is 43.1 Å². The van der Waals surface area contributed by atoms with Crippen molar-refractivity contribution in [3.05, 3.63) is 19.0 Å². The van der Waals surface area contributed by atoms with E-state index in [1.54, 1.807) is 13.3 Å². The van der Waals surface area contributed by atoms with Gasteiger partial charge in [-0.15, -0.1) is 0 Å². The van der Waals surface area contributed by atoms with Gasteiger partial charge in [-0.2, -0.15) is 0 Å². The van der Waals surface area contributed by atoms with Crippen molar-refractivity contribution < 1.29 is 194 Å². The summed E-state index contributed by atoms with van der Waals surface area (Å²) in [7, 11) is -9.90. The number of hydrogen-bond acceptors (Lipinski definition) is 23. The minimum absolute atomic E-state index is 0. The van der Waals surface area contributed by atoms with Gasteiger partial charge in [-0.05, 0) is 18.1 Å². The van der Waals surface area contributed by atoms with Gasteiger partial charge >= 0.3 is 147 Å². The second kappa shape index (κ2) is 23.9. The van der Waals surface area contributed by atoms with Gasteiger partial charge in [0.1, 0.15) is 54.0 Å². The third-order valence-electron chi connectivity index (χ3n) is 8.21. The summed E-state index contributed by atoms with van der Waals surface area (Å²) in [4.78, 5) is 53.3. The Balaban J connectivity index is 0.00000320. The molecule has 0 amide bonds. The molecule has 2 aliphatic rings. The number of aromatic nitrogens is 8. The summed E-state index contributed by atoms with van der Waals surface area (Å²) in [6.07, 6.45) is -6.78. The Hall–Kier alpha value is 2.51. The number of thiol groups is 1. The van der Waals surface area contributed by atoms with E-state index in [4.69, 9.17) is 47.7 Å². The van der Waals surface area contributed by atoms with E-state index in [0.717, 1.165) is 0 Å². The molecule has 316 valence electrons. The zero-order valence-electron chi connectivity index (χ0n) is 32.7. The number of hydrogen-bond donors (Lipinski definition) is 10. The van der Waals surface area contributed by atoms with Gasteiger partial charge in [0.2, 0.25) is 4.86 Å². The quantitative estimate of drug-likeness (QED) is 0.0124. The van der Waals surface area contributed by atoms with E-state index >= 15 is 0 Å². The monoisotopic (exact) mass is 1050 g/mol. The summed E-state index contributed by atoms with van der Waals surface area (Å²) in [6.45, 7) is -11.7. The maximum absolute atomic E-state index is 13.0. The molecule has 13 atom stereocenters. The normalized spacial score (nSPS) is 28.2. The van der Waals surface area contributed by atoms with Crippen LogP contribution >= 0.6 is 64.3 Å². The number of nitrogen functional groups attached to an aromatic ring is 1. The number of rotatable bonds is 16. The molecule has 38 heteroatoms. The van der Waals surface area contributed by atoms with Crippen molar-refractivity contribution >= 4 is 110 Å². The van der Waals surface area contributed by atoms with Crippen LogP contribution in [-0.2, 0) is 52.6 Å². The standard InChI is InChI=1S/C23H33ClN10O16P4S3.4Na/c1-26-17-11-18(28-5-27-17)33(7-30-11)20-14(37)12(35)8(47-20)3-45-53(43,55)49-51(39,40)22(24)52(41,42)50-54(44,56)46-4-9-13(36)15(38)21(48-9)34-6-29-10-16(25)31-23(57-2)32-19(10)34;;;;/h5-9,12-15,20-22,35-38H,3-4H2,1-2H3,(H,39,40)(H,41,42)(H,43,55)(H,44,56)(H2,25,31,32)(H,26,27,28);;;;/q;4*+1/t8-,9-,12-,13-,14-,15-,20-,21-,22?,53?,54?;;;;/m1..../s1. The van der Waals surface area contributed by atoms with Crippen LogP contribution in [0.3, 0.4) is 0 Å². The van der Waals surface area contributed by atoms with E-state index in [0.29, 0.717) is 11.3 Å². The number of nitrogens with one attached hydrogen (secondary N) is 1. The van der Waals surface area contributed by atoms with E-state index in [2.05, 4.69) is 56.1 Å². The number of alkyl halides is 1. The molecule has 61 heavy (non-hydrogen) atoms. The second-order valence-electron chi connectivity index (χ2n) is 11.9. The van der Waals surface area contributed by atoms with Crippen LogP contribution in [0, 0.1) is 0 Å². The Bertz CT molecular complexity index is 2360. The van der Waals surface area contributed by atoms with Crippen molar-refractivity contribution in [3.63, 3.8) is 0 Å². The number of aliphatic hydroxyl groups excluding tert-OH is 4. The minimum atomic E-state index is -5.76. The predicted molar refractivity (Wildman–Crippen MR) is 205 cm³/mol. The smallest absolute Gasteiger partial charge is 0.387 e. The van der Waals surface area contributed by atoms with Crippen LogP contribution in [0.4, 0.5) is 11.6 Å². The van der Waals surface area contributed by atoms with Gasteiger partial charge in [0.25, 0.3) is 0 Å². The van der Waals surface area contributed by atoms with Crippen molar-refractivity contribution in [3.8, 4) is 0 Å². The summed E-state index contributed by atoms with van der Waals surface area (Å²) in [6, 6.07) is 0. The van der Waals surface area contributed by atoms with Crippen molar-refractivity contribution in [2.45, 2.75) is 59.1 Å². The van der Waals surface area contributed by atoms with Crippen LogP contribution in [0.5, 0.6) is 0 Å². The number of thioether (sulfide) groups is 1. The first-order valence-corrected chi connectivity index (χ1v) is 25.9. The number of nitrogens with two attached hydrogens (primary N) is 1. The summed E-state index contributed by atoms with van der Waals surface area (Å²) in [5.41, 5.74) is 6.78. The first-order valence-electron chi connectivity index (χ1n) is 15.7. The molecule has 4 aromatic rings. The molecule has 6 rings (SSSR count). The van der Waals surface area contributed by atoms with Crippen molar-refractivity contribution in [2.24, 2.45) is 0 Å². The van der Waals surface area contributed by atoms with Gasteiger partial charge in [0, 0.05) is 7.05 Å². The van der Waals surface area contributed by atoms with Crippen LogP contribution in [0.25, 0.3) is 22.3 Å². The third kappa shape index (κ3) is 13.4. The van der Waals surface area contributed by atoms with E-state index in [9.17, 15) is 48.8 Å². The Morgan fingerprint density at radius 3 is 1.90 bits per heavy atom. The summed E-state index contributed by atoms with van der Waals surface area (Å²) < 4.78 is 72.1. The molecule has 0 spiro atoms. The molecular formula is C23H33ClN10Na4O16P4S3+4. The number of imidazole rings is 2. The van der Waals surface area contributed by atoms with Crippen LogP contribution in [0.2, 0.25) is 0 Å². The molecule has 5 unspecified atom stereocenters. The number of anilines is 2. The van der Waals surface area contributed by atoms with Gasteiger partial charge in [0.15, 0.2) is 40.5 Å². The van der Waals surface area contributed by atoms with Crippen LogP contribution in [-0.4, -0.2) is 142 Å². The second-order valence-corrected chi connectivity index (χ2v) is 24.0. The van der Waals surface area contributed by atoms with Crippen molar-refractivity contribution in [2.75, 3.05) is 37.6 Å². The molecule has 4 aromatic heterocycles. The Labute approximate surface area is 453 Å². The fourth-order valence-electron chi connectivity index (χ4n) is 5.55. The van der Waals surface area contributed by atoms with Gasteiger partial charge in [-0.3, -0.25) is 22.8 Å². The van der Waals surface area contributed by atoms with Gasteiger partial charge in [-0.1, -0.05) is 35.6 Å². The molecule has 2 saturated heterocycles. The summed E-state index contributed by atoms with van der Waals surface area (Å²) in [5.74, 6) is 0.397. The Morgan fingerprint density at radius 2 is 1.36 bits per heavy atom. The SMILES string of the molecule is CNc1ncnc2c1ncn2[C@@H]1O[C@H](COP(=O)(S)OP(=O)(O)C(Cl)P(=O)(O)OP(O)(=S)OC[C@H]2O[C@@H](n3cnc4c(N)nc(SC)nc43)[C@H](O)[C@@H]2O)[C@@H](O)[C@H]1O.[Na+].[Na+].[Na+].[Na+]. The zero-order chi connectivity index (χ0) is 41.8. The van der Waals surface area contributed by atoms with E-state index < -0.39 is 95.9 Å². The average molecular weight is 1050 g/mol. The molecule has 6 heterocycles. The number of nitrogens with zero attached hydrogens (tertiary/aromatic N) is 8. The van der Waals surface area contributed by atoms with Crippen LogP contribution in [0.1, 0.15) is 12.5 Å². The molecule has 0 aliphatic carbocycles. The summed E-state index contributed by atoms with van der Waals surface area (Å²) >= 11 is 15.3. The van der Waals surface area contributed by atoms with E-state index in [1.165, 1.54) is 39.9 Å². The van der Waals surface area contributed by atoms with E-state index in [-0.39, 0.29) is 146 Å². The molecule has 0 radical (unpaired) electrons. The van der Waals surface area contributed by atoms with Crippen molar-refractivity contribution in [1.29, 1.82) is 0 Å². The number of aliphatic hydroxyl groups is 4. The fraction of sp³-hybridized carbons (Fsp3) is 0.565. The third-order valence-corrected chi connectivity index (χ3v) is 19.5. The van der Waals surface area contributed by atoms with Gasteiger partial charge < -0.3 is 60.2 Å². The maximum Gasteiger partial charge on any atom is 1.00 e. The number of ether oxygens (including phenoxy) is 2. The first-order chi connectivity index (χ1) is 26.6. The summed E-state index contributed by atoms with van der Waals surface area (Å²) in [5, 5.41) is 45.7. The van der Waals surface area contributed by atoms with Crippen LogP contribution in [0.15, 0.2) is 24.1 Å². The minimum Gasteiger partial charge on any atom is -0.387 e. The first kappa shape index (κ1) is 59.6. The number of halogens is 1. The largest absolute Gasteiger partial charge is 1.00 e. The Morgan fingerprint density at radius 1 is 0.852 bits per heavy atom. The molecule has 0 saturated carbocycles. The fourth-order valence-corrected chi connectivity index (χ4v) is 15.0.